The van der Waals surface area contributed by atoms with E-state index in [0.29, 0.717) is 11.5 Å². The molecule has 0 saturated carbocycles. The van der Waals surface area contributed by atoms with E-state index in [1.807, 2.05) is 24.3 Å². The Labute approximate surface area is 153 Å². The van der Waals surface area contributed by atoms with E-state index in [1.165, 1.54) is 0 Å². The maximum absolute atomic E-state index is 12.4. The third-order valence-corrected chi connectivity index (χ3v) is 4.38. The average Bonchev–Trinajstić information content (AvgIpc) is 2.70. The molecule has 2 heterocycles. The molecule has 3 rings (SSSR count). The molecule has 2 N–H and O–H groups in total. The zero-order valence-corrected chi connectivity index (χ0v) is 15.1. The minimum Gasteiger partial charge on any atom is -0.379 e. The lowest BCUT2D eigenvalue weighted by Gasteiger charge is -2.26. The Morgan fingerprint density at radius 1 is 1.15 bits per heavy atom. The third-order valence-electron chi connectivity index (χ3n) is 4.38. The predicted octanol–water partition coefficient (Wildman–Crippen LogP) is 2.04. The zero-order chi connectivity index (χ0) is 18.2. The highest BCUT2D eigenvalue weighted by Gasteiger charge is 2.11. The molecule has 0 atom stereocenters. The molecule has 138 valence electrons. The maximum Gasteiger partial charge on any atom is 0.276 e. The van der Waals surface area contributed by atoms with E-state index in [2.05, 4.69) is 32.7 Å². The van der Waals surface area contributed by atoms with Gasteiger partial charge in [0.1, 0.15) is 5.82 Å². The fourth-order valence-electron chi connectivity index (χ4n) is 2.85. The topological polar surface area (TPSA) is 79.4 Å². The molecule has 0 spiro atoms. The monoisotopic (exact) mass is 355 g/mol. The highest BCUT2D eigenvalue weighted by molar-refractivity contribution is 6.03. The highest BCUT2D eigenvalue weighted by atomic mass is 16.5. The van der Waals surface area contributed by atoms with Gasteiger partial charge < -0.3 is 15.4 Å². The van der Waals surface area contributed by atoms with E-state index < -0.39 is 0 Å². The number of amides is 1. The third kappa shape index (κ3) is 5.00. The maximum atomic E-state index is 12.4. The predicted molar refractivity (Wildman–Crippen MR) is 102 cm³/mol. The van der Waals surface area contributed by atoms with E-state index in [9.17, 15) is 4.79 Å². The molecule has 0 bridgehead atoms. The Morgan fingerprint density at radius 2 is 1.96 bits per heavy atom. The largest absolute Gasteiger partial charge is 0.379 e. The van der Waals surface area contributed by atoms with E-state index in [-0.39, 0.29) is 5.91 Å². The molecule has 0 radical (unpaired) electrons. The number of aromatic nitrogens is 2. The first-order valence-electron chi connectivity index (χ1n) is 9.03. The molecule has 0 aliphatic carbocycles. The summed E-state index contributed by atoms with van der Waals surface area (Å²) in [5, 5.41) is 14.3. The molecule has 1 amide bonds. The van der Waals surface area contributed by atoms with Crippen molar-refractivity contribution in [2.24, 2.45) is 0 Å². The molecule has 7 nitrogen and oxygen atoms in total. The van der Waals surface area contributed by atoms with Crippen LogP contribution >= 0.6 is 0 Å². The molecule has 1 fully saturated rings. The number of hydrogen-bond donors (Lipinski definition) is 2. The molecule has 1 aliphatic heterocycles. The van der Waals surface area contributed by atoms with Crippen molar-refractivity contribution in [3.8, 4) is 0 Å². The van der Waals surface area contributed by atoms with Gasteiger partial charge in [-0.1, -0.05) is 25.1 Å². The van der Waals surface area contributed by atoms with Crippen LogP contribution in [0.4, 0.5) is 11.5 Å². The van der Waals surface area contributed by atoms with Gasteiger partial charge in [0.15, 0.2) is 5.69 Å². The Kier molecular flexibility index (Phi) is 6.51. The van der Waals surface area contributed by atoms with Crippen LogP contribution in [0.2, 0.25) is 0 Å². The smallest absolute Gasteiger partial charge is 0.276 e. The molecule has 0 unspecified atom stereocenters. The molecule has 2 aromatic rings. The van der Waals surface area contributed by atoms with Crippen molar-refractivity contribution in [2.75, 3.05) is 50.0 Å². The first-order valence-corrected chi connectivity index (χ1v) is 9.03. The molecular formula is C19H25N5O2. The van der Waals surface area contributed by atoms with Gasteiger partial charge in [-0.25, -0.2) is 0 Å². The van der Waals surface area contributed by atoms with Crippen molar-refractivity contribution in [1.29, 1.82) is 0 Å². The molecule has 1 saturated heterocycles. The van der Waals surface area contributed by atoms with Crippen LogP contribution in [-0.2, 0) is 11.2 Å². The van der Waals surface area contributed by atoms with Gasteiger partial charge in [0.2, 0.25) is 0 Å². The van der Waals surface area contributed by atoms with Crippen molar-refractivity contribution in [2.45, 2.75) is 13.3 Å². The Balaban J connectivity index is 1.51. The number of nitrogens with zero attached hydrogens (tertiary/aromatic N) is 3. The summed E-state index contributed by atoms with van der Waals surface area (Å²) >= 11 is 0. The number of para-hydroxylation sites is 1. The van der Waals surface area contributed by atoms with Gasteiger partial charge >= 0.3 is 0 Å². The highest BCUT2D eigenvalue weighted by Crippen LogP contribution is 2.16. The number of rotatable bonds is 7. The number of hydrogen-bond acceptors (Lipinski definition) is 6. The second-order valence-electron chi connectivity index (χ2n) is 6.15. The van der Waals surface area contributed by atoms with Gasteiger partial charge in [0.05, 0.1) is 13.2 Å². The van der Waals surface area contributed by atoms with E-state index in [1.54, 1.807) is 12.1 Å². The fourth-order valence-corrected chi connectivity index (χ4v) is 2.85. The van der Waals surface area contributed by atoms with Crippen molar-refractivity contribution in [3.63, 3.8) is 0 Å². The van der Waals surface area contributed by atoms with Crippen LogP contribution in [0.15, 0.2) is 36.4 Å². The second-order valence-corrected chi connectivity index (χ2v) is 6.15. The SMILES string of the molecule is CCc1ccccc1NC(=O)c1ccc(NCCN2CCOCC2)nn1. The Bertz CT molecular complexity index is 714. The Morgan fingerprint density at radius 3 is 2.69 bits per heavy atom. The number of morpholine rings is 1. The van der Waals surface area contributed by atoms with Crippen LogP contribution in [0, 0.1) is 0 Å². The van der Waals surface area contributed by atoms with E-state index >= 15 is 0 Å². The molecule has 1 aromatic carbocycles. The van der Waals surface area contributed by atoms with Crippen molar-refractivity contribution in [3.05, 3.63) is 47.7 Å². The normalized spacial score (nSPS) is 14.8. The molecular weight excluding hydrogens is 330 g/mol. The minimum atomic E-state index is -0.252. The van der Waals surface area contributed by atoms with Gasteiger partial charge in [-0.3, -0.25) is 9.69 Å². The summed E-state index contributed by atoms with van der Waals surface area (Å²) in [7, 11) is 0. The van der Waals surface area contributed by atoms with Crippen LogP contribution in [0.5, 0.6) is 0 Å². The summed E-state index contributed by atoms with van der Waals surface area (Å²) in [5.41, 5.74) is 2.21. The number of nitrogens with one attached hydrogen (secondary N) is 2. The van der Waals surface area contributed by atoms with Gasteiger partial charge in [0, 0.05) is 31.9 Å². The van der Waals surface area contributed by atoms with Crippen molar-refractivity contribution in [1.82, 2.24) is 15.1 Å². The summed E-state index contributed by atoms with van der Waals surface area (Å²) in [6, 6.07) is 11.2. The van der Waals surface area contributed by atoms with Crippen LogP contribution in [0.25, 0.3) is 0 Å². The van der Waals surface area contributed by atoms with Crippen LogP contribution in [-0.4, -0.2) is 60.4 Å². The summed E-state index contributed by atoms with van der Waals surface area (Å²) in [4.78, 5) is 14.7. The fraction of sp³-hybridized carbons (Fsp3) is 0.421. The van der Waals surface area contributed by atoms with Crippen LogP contribution in [0.1, 0.15) is 23.0 Å². The van der Waals surface area contributed by atoms with Crippen molar-refractivity contribution < 1.29 is 9.53 Å². The molecule has 1 aliphatic rings. The lowest BCUT2D eigenvalue weighted by Crippen LogP contribution is -2.39. The van der Waals surface area contributed by atoms with Gasteiger partial charge in [-0.05, 0) is 30.2 Å². The molecule has 7 heteroatoms. The summed E-state index contributed by atoms with van der Waals surface area (Å²) < 4.78 is 5.33. The summed E-state index contributed by atoms with van der Waals surface area (Å²) in [5.74, 6) is 0.419. The van der Waals surface area contributed by atoms with Crippen molar-refractivity contribution >= 4 is 17.4 Å². The number of benzene rings is 1. The molecule has 1 aromatic heterocycles. The van der Waals surface area contributed by atoms with Crippen LogP contribution in [0.3, 0.4) is 0 Å². The number of aryl methyl sites for hydroxylation is 1. The number of carbonyl (C=O) groups is 1. The van der Waals surface area contributed by atoms with Gasteiger partial charge in [-0.2, -0.15) is 0 Å². The lowest BCUT2D eigenvalue weighted by atomic mass is 10.1. The second kappa shape index (κ2) is 9.26. The summed E-state index contributed by atoms with van der Waals surface area (Å²) in [6.07, 6.45) is 0.855. The minimum absolute atomic E-state index is 0.252. The number of ether oxygens (including phenoxy) is 1. The first-order chi connectivity index (χ1) is 12.8. The van der Waals surface area contributed by atoms with Gasteiger partial charge in [0.25, 0.3) is 5.91 Å². The first kappa shape index (κ1) is 18.3. The molecule has 26 heavy (non-hydrogen) atoms. The Hall–Kier alpha value is -2.51. The van der Waals surface area contributed by atoms with Gasteiger partial charge in [-0.15, -0.1) is 10.2 Å². The van der Waals surface area contributed by atoms with Crippen LogP contribution < -0.4 is 10.6 Å². The number of anilines is 2. The number of carbonyl (C=O) groups excluding carboxylic acids is 1. The average molecular weight is 355 g/mol. The quantitative estimate of drug-likeness (QED) is 0.791. The standard InChI is InChI=1S/C19H25N5O2/c1-2-15-5-3-4-6-16(15)21-19(25)17-7-8-18(23-22-17)20-9-10-24-11-13-26-14-12-24/h3-8H,2,9-14H2,1H3,(H,20,23)(H,21,25). The lowest BCUT2D eigenvalue weighted by molar-refractivity contribution is 0.0398. The van der Waals surface area contributed by atoms with E-state index in [4.69, 9.17) is 4.74 Å². The summed E-state index contributed by atoms with van der Waals surface area (Å²) in [6.45, 7) is 7.29. The zero-order valence-electron chi connectivity index (χ0n) is 15.1. The van der Waals surface area contributed by atoms with E-state index in [0.717, 1.165) is 57.1 Å².